The second kappa shape index (κ2) is 7.23. The topological polar surface area (TPSA) is 111 Å². The van der Waals surface area contributed by atoms with Crippen LogP contribution in [0, 0.1) is 0 Å². The summed E-state index contributed by atoms with van der Waals surface area (Å²) in [5.41, 5.74) is 2.96. The van der Waals surface area contributed by atoms with E-state index in [2.05, 4.69) is 9.18 Å². The average molecular weight is 334 g/mol. The smallest absolute Gasteiger partial charge is 0.371 e. The predicted octanol–water partition coefficient (Wildman–Crippen LogP) is 1.27. The van der Waals surface area contributed by atoms with Crippen molar-refractivity contribution in [1.29, 1.82) is 0 Å². The first kappa shape index (κ1) is 16.9. The van der Waals surface area contributed by atoms with Gasteiger partial charge in [-0.15, -0.1) is 0 Å². The molecule has 4 N–H and O–H groups in total. The number of nitrogens with zero attached hydrogens (tertiary/aromatic N) is 2. The van der Waals surface area contributed by atoms with Crippen molar-refractivity contribution in [1.82, 2.24) is 5.01 Å². The summed E-state index contributed by atoms with van der Waals surface area (Å²) < 4.78 is 26.3. The molecule has 0 amide bonds. The summed E-state index contributed by atoms with van der Waals surface area (Å²) in [7, 11) is -2.34. The Balaban J connectivity index is 2.10. The van der Waals surface area contributed by atoms with E-state index < -0.39 is 10.3 Å². The molecule has 0 bridgehead atoms. The highest BCUT2D eigenvalue weighted by Gasteiger charge is 2.05. The predicted molar refractivity (Wildman–Crippen MR) is 89.8 cm³/mol. The Morgan fingerprint density at radius 2 is 1.61 bits per heavy atom. The number of aliphatic imine (C=N–C) groups is 1. The number of nitrogens with two attached hydrogens (primary N) is 2. The molecule has 2 aromatic rings. The molecule has 0 aliphatic heterocycles. The zero-order valence-electron chi connectivity index (χ0n) is 12.6. The second-order valence-corrected chi connectivity index (χ2v) is 6.00. The summed E-state index contributed by atoms with van der Waals surface area (Å²) in [6.45, 7) is 0.554. The standard InChI is InChI=1S/C15H18N4O3S/c1-18-11-19(16)10-12-2-4-13(5-3-12)14-6-8-15(9-7-14)22-23(17,20)21/h2-9,11H,10,16H2,1H3,(H2,17,20,21). The third-order valence-electron chi connectivity index (χ3n) is 2.98. The molecule has 0 unspecified atom stereocenters. The van der Waals surface area contributed by atoms with Crippen LogP contribution in [0.15, 0.2) is 53.5 Å². The van der Waals surface area contributed by atoms with Crippen LogP contribution in [0.2, 0.25) is 0 Å². The number of hydrazine groups is 1. The molecule has 0 aromatic heterocycles. The Morgan fingerprint density at radius 3 is 2.09 bits per heavy atom. The fourth-order valence-corrected chi connectivity index (χ4v) is 2.42. The van der Waals surface area contributed by atoms with Gasteiger partial charge < -0.3 is 4.18 Å². The van der Waals surface area contributed by atoms with E-state index in [1.807, 2.05) is 24.3 Å². The number of rotatable bonds is 6. The van der Waals surface area contributed by atoms with E-state index in [4.69, 9.17) is 11.0 Å². The van der Waals surface area contributed by atoms with Gasteiger partial charge in [-0.1, -0.05) is 36.4 Å². The molecule has 0 fully saturated rings. The van der Waals surface area contributed by atoms with Crippen molar-refractivity contribution in [3.8, 4) is 16.9 Å². The van der Waals surface area contributed by atoms with Crippen LogP contribution in [0.1, 0.15) is 5.56 Å². The monoisotopic (exact) mass is 334 g/mol. The van der Waals surface area contributed by atoms with Crippen molar-refractivity contribution >= 4 is 16.6 Å². The van der Waals surface area contributed by atoms with Crippen molar-refractivity contribution in [2.45, 2.75) is 6.54 Å². The van der Waals surface area contributed by atoms with E-state index in [0.717, 1.165) is 16.7 Å². The molecule has 0 spiro atoms. The third kappa shape index (κ3) is 5.37. The zero-order chi connectivity index (χ0) is 16.9. The van der Waals surface area contributed by atoms with E-state index in [1.54, 1.807) is 37.7 Å². The van der Waals surface area contributed by atoms with Crippen molar-refractivity contribution in [3.63, 3.8) is 0 Å². The Labute approximate surface area is 135 Å². The zero-order valence-corrected chi connectivity index (χ0v) is 13.4. The van der Waals surface area contributed by atoms with Crippen molar-refractivity contribution in [2.24, 2.45) is 16.0 Å². The van der Waals surface area contributed by atoms with Crippen molar-refractivity contribution < 1.29 is 12.6 Å². The Morgan fingerprint density at radius 1 is 1.09 bits per heavy atom. The summed E-state index contributed by atoms with van der Waals surface area (Å²) in [5.74, 6) is 5.92. The van der Waals surface area contributed by atoms with Gasteiger partial charge in [-0.25, -0.2) is 5.84 Å². The summed E-state index contributed by atoms with van der Waals surface area (Å²) in [6, 6.07) is 14.5. The molecule has 2 rings (SSSR count). The average Bonchev–Trinajstić information content (AvgIpc) is 2.47. The van der Waals surface area contributed by atoms with Gasteiger partial charge in [0.15, 0.2) is 0 Å². The van der Waals surface area contributed by atoms with Gasteiger partial charge in [-0.3, -0.25) is 10.0 Å². The van der Waals surface area contributed by atoms with Crippen LogP contribution < -0.4 is 15.2 Å². The first-order chi connectivity index (χ1) is 10.9. The Hall–Kier alpha value is -2.42. The number of hydrogen-bond donors (Lipinski definition) is 2. The molecule has 0 aliphatic rings. The van der Waals surface area contributed by atoms with Gasteiger partial charge in [0.2, 0.25) is 0 Å². The van der Waals surface area contributed by atoms with E-state index in [1.165, 1.54) is 5.01 Å². The van der Waals surface area contributed by atoms with Crippen LogP contribution in [-0.2, 0) is 16.8 Å². The maximum absolute atomic E-state index is 10.9. The van der Waals surface area contributed by atoms with Crippen LogP contribution in [-0.4, -0.2) is 26.8 Å². The third-order valence-corrected chi connectivity index (χ3v) is 3.41. The van der Waals surface area contributed by atoms with Crippen LogP contribution in [0.3, 0.4) is 0 Å². The minimum Gasteiger partial charge on any atom is -0.371 e. The van der Waals surface area contributed by atoms with Crippen LogP contribution in [0.4, 0.5) is 0 Å². The highest BCUT2D eigenvalue weighted by atomic mass is 32.2. The largest absolute Gasteiger partial charge is 0.380 e. The van der Waals surface area contributed by atoms with Crippen LogP contribution in [0.5, 0.6) is 5.75 Å². The van der Waals surface area contributed by atoms with Gasteiger partial charge >= 0.3 is 10.3 Å². The van der Waals surface area contributed by atoms with E-state index in [0.29, 0.717) is 6.54 Å². The minimum absolute atomic E-state index is 0.172. The van der Waals surface area contributed by atoms with Crippen LogP contribution >= 0.6 is 0 Å². The molecular formula is C15H18N4O3S. The lowest BCUT2D eigenvalue weighted by molar-refractivity contribution is 0.447. The number of benzene rings is 2. The molecule has 0 saturated carbocycles. The Bertz CT molecular complexity index is 771. The molecule has 0 atom stereocenters. The number of hydrogen-bond acceptors (Lipinski definition) is 5. The lowest BCUT2D eigenvalue weighted by Gasteiger charge is -2.12. The maximum Gasteiger partial charge on any atom is 0.380 e. The highest BCUT2D eigenvalue weighted by molar-refractivity contribution is 7.84. The normalized spacial score (nSPS) is 11.6. The molecule has 23 heavy (non-hydrogen) atoms. The minimum atomic E-state index is -4.00. The molecule has 0 radical (unpaired) electrons. The molecular weight excluding hydrogens is 316 g/mol. The lowest BCUT2D eigenvalue weighted by atomic mass is 10.0. The molecule has 2 aromatic carbocycles. The first-order valence-corrected chi connectivity index (χ1v) is 8.20. The van der Waals surface area contributed by atoms with Crippen LogP contribution in [0.25, 0.3) is 11.1 Å². The fourth-order valence-electron chi connectivity index (χ4n) is 2.04. The quantitative estimate of drug-likeness (QED) is 0.358. The maximum atomic E-state index is 10.9. The fraction of sp³-hybridized carbons (Fsp3) is 0.133. The van der Waals surface area contributed by atoms with Gasteiger partial charge in [-0.2, -0.15) is 13.6 Å². The van der Waals surface area contributed by atoms with Gasteiger partial charge in [0.05, 0.1) is 12.9 Å². The SMILES string of the molecule is CN=CN(N)Cc1ccc(-c2ccc(OS(N)(=O)=O)cc2)cc1. The van der Waals surface area contributed by atoms with Gasteiger partial charge in [0.1, 0.15) is 5.75 Å². The molecule has 0 heterocycles. The Kier molecular flexibility index (Phi) is 5.32. The molecule has 7 nitrogen and oxygen atoms in total. The summed E-state index contributed by atoms with van der Waals surface area (Å²) in [5, 5.41) is 6.32. The molecule has 122 valence electrons. The van der Waals surface area contributed by atoms with Gasteiger partial charge in [-0.05, 0) is 28.8 Å². The lowest BCUT2D eigenvalue weighted by Crippen LogP contribution is -2.28. The van der Waals surface area contributed by atoms with E-state index >= 15 is 0 Å². The summed E-state index contributed by atoms with van der Waals surface area (Å²) in [4.78, 5) is 3.84. The first-order valence-electron chi connectivity index (χ1n) is 6.72. The second-order valence-electron chi connectivity index (χ2n) is 4.84. The summed E-state index contributed by atoms with van der Waals surface area (Å²) >= 11 is 0. The van der Waals surface area contributed by atoms with Crippen molar-refractivity contribution in [3.05, 3.63) is 54.1 Å². The molecule has 0 aliphatic carbocycles. The van der Waals surface area contributed by atoms with E-state index in [-0.39, 0.29) is 5.75 Å². The molecule has 0 saturated heterocycles. The van der Waals surface area contributed by atoms with Gasteiger partial charge in [0, 0.05) is 7.05 Å². The molecule has 8 heteroatoms. The van der Waals surface area contributed by atoms with E-state index in [9.17, 15) is 8.42 Å². The van der Waals surface area contributed by atoms with Gasteiger partial charge in [0.25, 0.3) is 0 Å². The van der Waals surface area contributed by atoms with Crippen molar-refractivity contribution in [2.75, 3.05) is 7.05 Å². The highest BCUT2D eigenvalue weighted by Crippen LogP contribution is 2.23. The summed E-state index contributed by atoms with van der Waals surface area (Å²) in [6.07, 6.45) is 1.55.